The molecular weight excluding hydrogens is 314 g/mol. The maximum absolute atomic E-state index is 13.7. The summed E-state index contributed by atoms with van der Waals surface area (Å²) in [5, 5.41) is 10.4. The van der Waals surface area contributed by atoms with E-state index in [-0.39, 0.29) is 18.1 Å². The predicted octanol–water partition coefficient (Wildman–Crippen LogP) is 4.18. The van der Waals surface area contributed by atoms with Crippen molar-refractivity contribution in [2.24, 2.45) is 0 Å². The summed E-state index contributed by atoms with van der Waals surface area (Å²) < 4.78 is 27.3. The molecule has 0 spiro atoms. The molecule has 0 saturated heterocycles. The Kier molecular flexibility index (Phi) is 4.02. The second-order valence-corrected chi connectivity index (χ2v) is 5.61. The average Bonchev–Trinajstić information content (AvgIpc) is 2.34. The minimum absolute atomic E-state index is 0.115. The first-order chi connectivity index (χ1) is 8.88. The lowest BCUT2D eigenvalue weighted by atomic mass is 9.89. The van der Waals surface area contributed by atoms with Crippen LogP contribution in [0.15, 0.2) is 46.9 Å². The van der Waals surface area contributed by atoms with Crippen LogP contribution in [0.5, 0.6) is 0 Å². The Balaban J connectivity index is 2.30. The monoisotopic (exact) mass is 326 g/mol. The molecule has 0 aliphatic rings. The lowest BCUT2D eigenvalue weighted by Gasteiger charge is -2.24. The van der Waals surface area contributed by atoms with Gasteiger partial charge < -0.3 is 5.11 Å². The Hall–Kier alpha value is -1.26. The maximum Gasteiger partial charge on any atom is 0.126 e. The fraction of sp³-hybridized carbons (Fsp3) is 0.200. The molecule has 2 aromatic carbocycles. The predicted molar refractivity (Wildman–Crippen MR) is 73.8 cm³/mol. The van der Waals surface area contributed by atoms with Crippen LogP contribution in [0, 0.1) is 11.6 Å². The van der Waals surface area contributed by atoms with Crippen molar-refractivity contribution >= 4 is 15.9 Å². The van der Waals surface area contributed by atoms with Gasteiger partial charge in [0.25, 0.3) is 0 Å². The first-order valence-electron chi connectivity index (χ1n) is 5.81. The Labute approximate surface area is 119 Å². The SMILES string of the molecule is CC(O)(Cc1cc(Br)ccc1F)c1ccc(F)cc1. The summed E-state index contributed by atoms with van der Waals surface area (Å²) in [6.45, 7) is 1.58. The van der Waals surface area contributed by atoms with Gasteiger partial charge in [-0.2, -0.15) is 0 Å². The van der Waals surface area contributed by atoms with E-state index in [1.54, 1.807) is 19.1 Å². The Morgan fingerprint density at radius 1 is 1.11 bits per heavy atom. The highest BCUT2D eigenvalue weighted by Crippen LogP contribution is 2.28. The van der Waals surface area contributed by atoms with Crippen LogP contribution in [0.25, 0.3) is 0 Å². The molecule has 19 heavy (non-hydrogen) atoms. The Morgan fingerprint density at radius 2 is 1.74 bits per heavy atom. The van der Waals surface area contributed by atoms with Gasteiger partial charge in [0, 0.05) is 10.9 Å². The van der Waals surface area contributed by atoms with Gasteiger partial charge in [-0.3, -0.25) is 0 Å². The third-order valence-corrected chi connectivity index (χ3v) is 3.50. The van der Waals surface area contributed by atoms with Crippen molar-refractivity contribution in [1.82, 2.24) is 0 Å². The Bertz CT molecular complexity index is 579. The van der Waals surface area contributed by atoms with E-state index >= 15 is 0 Å². The van der Waals surface area contributed by atoms with Crippen molar-refractivity contribution in [2.75, 3.05) is 0 Å². The zero-order valence-corrected chi connectivity index (χ0v) is 11.9. The van der Waals surface area contributed by atoms with Crippen LogP contribution in [-0.2, 0) is 12.0 Å². The van der Waals surface area contributed by atoms with Gasteiger partial charge in [-0.25, -0.2) is 8.78 Å². The van der Waals surface area contributed by atoms with Crippen LogP contribution >= 0.6 is 15.9 Å². The zero-order chi connectivity index (χ0) is 14.0. The lowest BCUT2D eigenvalue weighted by Crippen LogP contribution is -2.24. The van der Waals surface area contributed by atoms with E-state index in [1.165, 1.54) is 30.3 Å². The molecule has 4 heteroatoms. The largest absolute Gasteiger partial charge is 0.385 e. The summed E-state index contributed by atoms with van der Waals surface area (Å²) in [6, 6.07) is 10.2. The molecule has 1 atom stereocenters. The number of hydrogen-bond acceptors (Lipinski definition) is 1. The second kappa shape index (κ2) is 5.39. The van der Waals surface area contributed by atoms with E-state index in [0.29, 0.717) is 11.1 Å². The van der Waals surface area contributed by atoms with Crippen molar-refractivity contribution < 1.29 is 13.9 Å². The number of aliphatic hydroxyl groups is 1. The van der Waals surface area contributed by atoms with Crippen LogP contribution in [0.3, 0.4) is 0 Å². The third kappa shape index (κ3) is 3.39. The quantitative estimate of drug-likeness (QED) is 0.897. The van der Waals surface area contributed by atoms with E-state index < -0.39 is 5.60 Å². The molecule has 0 aliphatic heterocycles. The molecule has 2 rings (SSSR count). The van der Waals surface area contributed by atoms with Crippen molar-refractivity contribution in [3.05, 3.63) is 69.7 Å². The van der Waals surface area contributed by atoms with E-state index in [2.05, 4.69) is 15.9 Å². The molecule has 1 N–H and O–H groups in total. The maximum atomic E-state index is 13.7. The fourth-order valence-corrected chi connectivity index (χ4v) is 2.37. The molecule has 2 aromatic rings. The minimum atomic E-state index is -1.25. The number of halogens is 3. The van der Waals surface area contributed by atoms with Gasteiger partial charge in [0.15, 0.2) is 0 Å². The molecule has 1 unspecified atom stereocenters. The van der Waals surface area contributed by atoms with E-state index in [4.69, 9.17) is 0 Å². The number of rotatable bonds is 3. The molecule has 0 bridgehead atoms. The van der Waals surface area contributed by atoms with E-state index in [0.717, 1.165) is 4.47 Å². The summed E-state index contributed by atoms with van der Waals surface area (Å²) in [7, 11) is 0. The first-order valence-corrected chi connectivity index (χ1v) is 6.60. The second-order valence-electron chi connectivity index (χ2n) is 4.69. The normalized spacial score (nSPS) is 14.2. The van der Waals surface area contributed by atoms with Crippen LogP contribution < -0.4 is 0 Å². The molecule has 0 radical (unpaired) electrons. The van der Waals surface area contributed by atoms with Gasteiger partial charge in [0.05, 0.1) is 5.60 Å². The summed E-state index contributed by atoms with van der Waals surface area (Å²) in [5.74, 6) is -0.737. The zero-order valence-electron chi connectivity index (χ0n) is 10.3. The van der Waals surface area contributed by atoms with Crippen LogP contribution in [0.1, 0.15) is 18.1 Å². The topological polar surface area (TPSA) is 20.2 Å². The number of benzene rings is 2. The highest BCUT2D eigenvalue weighted by Gasteiger charge is 2.25. The van der Waals surface area contributed by atoms with Crippen molar-refractivity contribution in [3.8, 4) is 0 Å². The van der Waals surface area contributed by atoms with Gasteiger partial charge in [0.2, 0.25) is 0 Å². The van der Waals surface area contributed by atoms with Gasteiger partial charge in [-0.1, -0.05) is 28.1 Å². The molecule has 0 aromatic heterocycles. The molecule has 0 heterocycles. The molecule has 1 nitrogen and oxygen atoms in total. The van der Waals surface area contributed by atoms with Gasteiger partial charge >= 0.3 is 0 Å². The lowest BCUT2D eigenvalue weighted by molar-refractivity contribution is 0.0566. The summed E-state index contributed by atoms with van der Waals surface area (Å²) in [4.78, 5) is 0. The first kappa shape index (κ1) is 14.2. The van der Waals surface area contributed by atoms with Gasteiger partial charge in [-0.15, -0.1) is 0 Å². The molecule has 0 aliphatic carbocycles. The summed E-state index contributed by atoms with van der Waals surface area (Å²) in [6.07, 6.45) is 0.115. The minimum Gasteiger partial charge on any atom is -0.385 e. The van der Waals surface area contributed by atoms with E-state index in [1.807, 2.05) is 0 Å². The van der Waals surface area contributed by atoms with Gasteiger partial charge in [-0.05, 0) is 48.4 Å². The average molecular weight is 327 g/mol. The highest BCUT2D eigenvalue weighted by atomic mass is 79.9. The number of hydrogen-bond donors (Lipinski definition) is 1. The molecule has 100 valence electrons. The fourth-order valence-electron chi connectivity index (χ4n) is 1.96. The summed E-state index contributed by atoms with van der Waals surface area (Å²) in [5.41, 5.74) is -0.299. The van der Waals surface area contributed by atoms with Crippen molar-refractivity contribution in [2.45, 2.75) is 18.9 Å². The summed E-state index contributed by atoms with van der Waals surface area (Å²) >= 11 is 3.27. The smallest absolute Gasteiger partial charge is 0.126 e. The van der Waals surface area contributed by atoms with Crippen LogP contribution in [0.4, 0.5) is 8.78 Å². The Morgan fingerprint density at radius 3 is 2.37 bits per heavy atom. The van der Waals surface area contributed by atoms with Gasteiger partial charge in [0.1, 0.15) is 11.6 Å². The standard InChI is InChI=1S/C15H13BrF2O/c1-15(19,11-2-5-13(17)6-3-11)9-10-8-12(16)4-7-14(10)18/h2-8,19H,9H2,1H3. The molecular formula is C15H13BrF2O. The van der Waals surface area contributed by atoms with Crippen LogP contribution in [0.2, 0.25) is 0 Å². The van der Waals surface area contributed by atoms with Crippen molar-refractivity contribution in [3.63, 3.8) is 0 Å². The highest BCUT2D eigenvalue weighted by molar-refractivity contribution is 9.10. The molecule has 0 fully saturated rings. The van der Waals surface area contributed by atoms with Crippen molar-refractivity contribution in [1.29, 1.82) is 0 Å². The third-order valence-electron chi connectivity index (χ3n) is 3.01. The molecule has 0 amide bonds. The van der Waals surface area contributed by atoms with Crippen LogP contribution in [-0.4, -0.2) is 5.11 Å². The van der Waals surface area contributed by atoms with E-state index in [9.17, 15) is 13.9 Å². The molecule has 0 saturated carbocycles.